The summed E-state index contributed by atoms with van der Waals surface area (Å²) in [6.45, 7) is 0. The van der Waals surface area contributed by atoms with Crippen LogP contribution in [0.4, 0.5) is 20.3 Å². The number of nitro benzene ring substituents is 1. The Balaban J connectivity index is 2.47. The van der Waals surface area contributed by atoms with Gasteiger partial charge < -0.3 is 10.5 Å². The van der Waals surface area contributed by atoms with E-state index >= 15 is 0 Å². The lowest BCUT2D eigenvalue weighted by molar-refractivity contribution is -0.385. The molecule has 21 heavy (non-hydrogen) atoms. The molecule has 1 aromatic heterocycles. The average Bonchev–Trinajstić information content (AvgIpc) is 2.44. The maximum atomic E-state index is 13.5. The summed E-state index contributed by atoms with van der Waals surface area (Å²) < 4.78 is 31.4. The predicted octanol–water partition coefficient (Wildman–Crippen LogP) is 2.51. The maximum Gasteiger partial charge on any atom is 0.312 e. The minimum absolute atomic E-state index is 0.0288. The van der Waals surface area contributed by atoms with Gasteiger partial charge in [0, 0.05) is 12.1 Å². The van der Waals surface area contributed by atoms with Crippen LogP contribution in [0.5, 0.6) is 11.6 Å². The molecule has 0 unspecified atom stereocenters. The summed E-state index contributed by atoms with van der Waals surface area (Å²) in [7, 11) is 0. The van der Waals surface area contributed by atoms with Crippen LogP contribution < -0.4 is 10.5 Å². The Morgan fingerprint density at radius 3 is 2.67 bits per heavy atom. The van der Waals surface area contributed by atoms with Gasteiger partial charge in [0.05, 0.1) is 16.6 Å². The van der Waals surface area contributed by atoms with E-state index in [4.69, 9.17) is 15.7 Å². The molecule has 0 aliphatic heterocycles. The Kier molecular flexibility index (Phi) is 3.62. The summed E-state index contributed by atoms with van der Waals surface area (Å²) in [6, 6.07) is 5.48. The third-order valence-corrected chi connectivity index (χ3v) is 2.42. The van der Waals surface area contributed by atoms with Gasteiger partial charge in [-0.15, -0.1) is 0 Å². The summed E-state index contributed by atoms with van der Waals surface area (Å²) in [5.41, 5.74) is 4.65. The minimum Gasteiger partial charge on any atom is -0.429 e. The molecular formula is C12H6F2N4O3. The van der Waals surface area contributed by atoms with Crippen LogP contribution >= 0.6 is 0 Å². The monoisotopic (exact) mass is 292 g/mol. The van der Waals surface area contributed by atoms with Gasteiger partial charge in [-0.1, -0.05) is 0 Å². The zero-order chi connectivity index (χ0) is 15.6. The van der Waals surface area contributed by atoms with Gasteiger partial charge in [-0.2, -0.15) is 10.2 Å². The lowest BCUT2D eigenvalue weighted by Crippen LogP contribution is -2.01. The molecular weight excluding hydrogens is 286 g/mol. The fraction of sp³-hybridized carbons (Fsp3) is 0. The highest BCUT2D eigenvalue weighted by Gasteiger charge is 2.20. The van der Waals surface area contributed by atoms with Crippen LogP contribution in [0.15, 0.2) is 24.3 Å². The molecule has 0 radical (unpaired) electrons. The molecule has 0 atom stereocenters. The standard InChI is InChI=1S/C12H6F2N4O3/c13-7-4-8(14)12(17-11(7)16)21-10-2-1-6(5-15)3-9(10)18(19)20/h1-4H,(H2,16,17). The van der Waals surface area contributed by atoms with E-state index in [0.29, 0.717) is 6.07 Å². The number of hydrogen-bond acceptors (Lipinski definition) is 6. The Labute approximate surface area is 116 Å². The molecule has 2 rings (SSSR count). The maximum absolute atomic E-state index is 13.5. The van der Waals surface area contributed by atoms with Crippen molar-refractivity contribution < 1.29 is 18.4 Å². The van der Waals surface area contributed by atoms with Crippen molar-refractivity contribution in [3.63, 3.8) is 0 Å². The van der Waals surface area contributed by atoms with Crippen LogP contribution in [0.3, 0.4) is 0 Å². The normalized spacial score (nSPS) is 9.95. The van der Waals surface area contributed by atoms with Gasteiger partial charge >= 0.3 is 5.69 Å². The van der Waals surface area contributed by atoms with Crippen LogP contribution in [-0.2, 0) is 0 Å². The molecule has 0 aliphatic carbocycles. The molecule has 1 heterocycles. The molecule has 0 fully saturated rings. The van der Waals surface area contributed by atoms with Gasteiger partial charge in [-0.05, 0) is 12.1 Å². The van der Waals surface area contributed by atoms with Gasteiger partial charge in [0.15, 0.2) is 17.5 Å². The lowest BCUT2D eigenvalue weighted by Gasteiger charge is -2.07. The molecule has 0 bridgehead atoms. The number of ether oxygens (including phenoxy) is 1. The van der Waals surface area contributed by atoms with Gasteiger partial charge in [0.2, 0.25) is 5.75 Å². The van der Waals surface area contributed by atoms with Crippen molar-refractivity contribution in [1.29, 1.82) is 5.26 Å². The van der Waals surface area contributed by atoms with E-state index in [0.717, 1.165) is 12.1 Å². The third kappa shape index (κ3) is 2.84. The van der Waals surface area contributed by atoms with Crippen LogP contribution in [0.2, 0.25) is 0 Å². The predicted molar refractivity (Wildman–Crippen MR) is 66.5 cm³/mol. The summed E-state index contributed by atoms with van der Waals surface area (Å²) in [4.78, 5) is 13.4. The summed E-state index contributed by atoms with van der Waals surface area (Å²) in [6.07, 6.45) is 0. The number of aromatic nitrogens is 1. The Morgan fingerprint density at radius 2 is 2.05 bits per heavy atom. The summed E-state index contributed by atoms with van der Waals surface area (Å²) in [5.74, 6) is -3.91. The van der Waals surface area contributed by atoms with E-state index < -0.39 is 33.9 Å². The van der Waals surface area contributed by atoms with Gasteiger partial charge in [0.25, 0.3) is 5.88 Å². The molecule has 0 spiro atoms. The molecule has 0 aliphatic rings. The number of nitriles is 1. The number of nitrogens with zero attached hydrogens (tertiary/aromatic N) is 3. The third-order valence-electron chi connectivity index (χ3n) is 2.42. The number of hydrogen-bond donors (Lipinski definition) is 1. The first-order chi connectivity index (χ1) is 9.92. The largest absolute Gasteiger partial charge is 0.429 e. The summed E-state index contributed by atoms with van der Waals surface area (Å²) in [5, 5.41) is 19.6. The SMILES string of the molecule is N#Cc1ccc(Oc2nc(N)c(F)cc2F)c([N+](=O)[O-])c1. The highest BCUT2D eigenvalue weighted by Crippen LogP contribution is 2.33. The number of pyridine rings is 1. The molecule has 9 heteroatoms. The first kappa shape index (κ1) is 14.1. The van der Waals surface area contributed by atoms with Crippen molar-refractivity contribution in [3.8, 4) is 17.7 Å². The molecule has 1 aromatic carbocycles. The van der Waals surface area contributed by atoms with Crippen molar-refractivity contribution in [2.24, 2.45) is 0 Å². The van der Waals surface area contributed by atoms with Gasteiger partial charge in [-0.3, -0.25) is 10.1 Å². The average molecular weight is 292 g/mol. The number of nitrogen functional groups attached to an aromatic ring is 1. The quantitative estimate of drug-likeness (QED) is 0.686. The zero-order valence-corrected chi connectivity index (χ0v) is 10.2. The van der Waals surface area contributed by atoms with E-state index in [2.05, 4.69) is 4.98 Å². The Hall–Kier alpha value is -3.28. The van der Waals surface area contributed by atoms with E-state index in [1.807, 2.05) is 0 Å². The van der Waals surface area contributed by atoms with Crippen LogP contribution in [0.1, 0.15) is 5.56 Å². The molecule has 0 saturated heterocycles. The fourth-order valence-corrected chi connectivity index (χ4v) is 1.45. The molecule has 0 saturated carbocycles. The van der Waals surface area contributed by atoms with Crippen LogP contribution in [0.25, 0.3) is 0 Å². The van der Waals surface area contributed by atoms with Crippen molar-refractivity contribution in [3.05, 3.63) is 51.6 Å². The minimum atomic E-state index is -1.17. The van der Waals surface area contributed by atoms with E-state index in [1.165, 1.54) is 6.07 Å². The summed E-state index contributed by atoms with van der Waals surface area (Å²) >= 11 is 0. The molecule has 7 nitrogen and oxygen atoms in total. The zero-order valence-electron chi connectivity index (χ0n) is 10.2. The first-order valence-electron chi connectivity index (χ1n) is 5.40. The molecule has 106 valence electrons. The smallest absolute Gasteiger partial charge is 0.312 e. The van der Waals surface area contributed by atoms with Crippen LogP contribution in [-0.4, -0.2) is 9.91 Å². The first-order valence-corrected chi connectivity index (χ1v) is 5.40. The van der Waals surface area contributed by atoms with E-state index in [9.17, 15) is 18.9 Å². The number of benzene rings is 1. The molecule has 2 N–H and O–H groups in total. The number of nitrogens with two attached hydrogens (primary N) is 1. The van der Waals surface area contributed by atoms with Crippen molar-refractivity contribution in [1.82, 2.24) is 4.98 Å². The fourth-order valence-electron chi connectivity index (χ4n) is 1.45. The number of anilines is 1. The second kappa shape index (κ2) is 5.38. The number of rotatable bonds is 3. The van der Waals surface area contributed by atoms with Crippen molar-refractivity contribution in [2.45, 2.75) is 0 Å². The number of nitro groups is 1. The molecule has 0 amide bonds. The second-order valence-electron chi connectivity index (χ2n) is 3.80. The Morgan fingerprint density at radius 1 is 1.33 bits per heavy atom. The van der Waals surface area contributed by atoms with Gasteiger partial charge in [-0.25, -0.2) is 8.78 Å². The topological polar surface area (TPSA) is 115 Å². The van der Waals surface area contributed by atoms with Gasteiger partial charge in [0.1, 0.15) is 0 Å². The van der Waals surface area contributed by atoms with E-state index in [1.54, 1.807) is 6.07 Å². The van der Waals surface area contributed by atoms with Crippen molar-refractivity contribution >= 4 is 11.5 Å². The number of halogens is 2. The van der Waals surface area contributed by atoms with E-state index in [-0.39, 0.29) is 11.3 Å². The highest BCUT2D eigenvalue weighted by molar-refractivity contribution is 5.53. The lowest BCUT2D eigenvalue weighted by atomic mass is 10.2. The Bertz CT molecular complexity index is 774. The van der Waals surface area contributed by atoms with Crippen molar-refractivity contribution in [2.75, 3.05) is 5.73 Å². The highest BCUT2D eigenvalue weighted by atomic mass is 19.1. The van der Waals surface area contributed by atoms with Crippen LogP contribution in [0, 0.1) is 33.1 Å². The molecule has 2 aromatic rings. The second-order valence-corrected chi connectivity index (χ2v) is 3.80.